The number of imidazole rings is 1. The van der Waals surface area contributed by atoms with Crippen LogP contribution in [-0.4, -0.2) is 20.6 Å². The number of aromatic nitrogens is 2. The number of benzene rings is 1. The van der Waals surface area contributed by atoms with Gasteiger partial charge in [-0.15, -0.1) is 0 Å². The van der Waals surface area contributed by atoms with Gasteiger partial charge in [-0.2, -0.15) is 0 Å². The minimum absolute atomic E-state index is 0.0896. The van der Waals surface area contributed by atoms with Crippen LogP contribution in [0, 0.1) is 5.41 Å². The van der Waals surface area contributed by atoms with Gasteiger partial charge in [0.05, 0.1) is 16.6 Å². The summed E-state index contributed by atoms with van der Waals surface area (Å²) in [5, 5.41) is 9.13. The fraction of sp³-hybridized carbons (Fsp3) is 0.529. The van der Waals surface area contributed by atoms with Crippen LogP contribution in [0.3, 0.4) is 0 Å². The molecular weight excluding hydrogens is 264 g/mol. The topological polar surface area (TPSA) is 55.1 Å². The van der Waals surface area contributed by atoms with E-state index in [2.05, 4.69) is 46.1 Å². The third-order valence-electron chi connectivity index (χ3n) is 3.30. The van der Waals surface area contributed by atoms with E-state index in [0.29, 0.717) is 0 Å². The van der Waals surface area contributed by atoms with Crippen molar-refractivity contribution in [2.24, 2.45) is 5.41 Å². The van der Waals surface area contributed by atoms with Crippen LogP contribution in [0.5, 0.6) is 0 Å². The summed E-state index contributed by atoms with van der Waals surface area (Å²) in [7, 11) is 0. The van der Waals surface area contributed by atoms with Gasteiger partial charge in [-0.25, -0.2) is 9.78 Å². The molecule has 0 atom stereocenters. The molecule has 0 radical (unpaired) electrons. The average molecular weight is 288 g/mol. The molecule has 4 heteroatoms. The van der Waals surface area contributed by atoms with Crippen molar-refractivity contribution in [2.75, 3.05) is 0 Å². The van der Waals surface area contributed by atoms with Gasteiger partial charge in [-0.3, -0.25) is 0 Å². The highest BCUT2D eigenvalue weighted by Crippen LogP contribution is 2.30. The molecule has 2 rings (SSSR count). The number of hydrogen-bond donors (Lipinski definition) is 1. The molecule has 0 amide bonds. The van der Waals surface area contributed by atoms with Crippen molar-refractivity contribution >= 4 is 17.0 Å². The van der Waals surface area contributed by atoms with Crippen molar-refractivity contribution in [1.29, 1.82) is 0 Å². The third kappa shape index (κ3) is 3.26. The van der Waals surface area contributed by atoms with Gasteiger partial charge in [-0.1, -0.05) is 41.5 Å². The molecule has 0 aliphatic rings. The lowest BCUT2D eigenvalue weighted by molar-refractivity contribution is 0.0697. The van der Waals surface area contributed by atoms with E-state index >= 15 is 0 Å². The van der Waals surface area contributed by atoms with Gasteiger partial charge in [0, 0.05) is 12.0 Å². The van der Waals surface area contributed by atoms with E-state index in [-0.39, 0.29) is 16.4 Å². The Balaban J connectivity index is 2.70. The second kappa shape index (κ2) is 4.86. The number of rotatable bonds is 2. The predicted molar refractivity (Wildman–Crippen MR) is 84.8 cm³/mol. The molecule has 0 saturated heterocycles. The fourth-order valence-corrected chi connectivity index (χ4v) is 2.47. The van der Waals surface area contributed by atoms with Crippen LogP contribution in [0.25, 0.3) is 11.0 Å². The van der Waals surface area contributed by atoms with Gasteiger partial charge in [0.15, 0.2) is 0 Å². The normalized spacial score (nSPS) is 12.9. The zero-order chi connectivity index (χ0) is 16.0. The van der Waals surface area contributed by atoms with E-state index in [1.165, 1.54) is 0 Å². The molecule has 0 bridgehead atoms. The van der Waals surface area contributed by atoms with E-state index in [9.17, 15) is 4.79 Å². The zero-order valence-corrected chi connectivity index (χ0v) is 13.7. The molecule has 0 aliphatic heterocycles. The summed E-state index contributed by atoms with van der Waals surface area (Å²) >= 11 is 0. The lowest BCUT2D eigenvalue weighted by Crippen LogP contribution is -2.24. The number of nitrogens with zero attached hydrogens (tertiary/aromatic N) is 2. The first-order valence-corrected chi connectivity index (χ1v) is 7.23. The summed E-state index contributed by atoms with van der Waals surface area (Å²) in [5.41, 5.74) is 2.07. The Hall–Kier alpha value is -1.84. The molecule has 0 saturated carbocycles. The summed E-state index contributed by atoms with van der Waals surface area (Å²) in [4.78, 5) is 15.8. The first-order valence-electron chi connectivity index (χ1n) is 7.23. The van der Waals surface area contributed by atoms with Crippen molar-refractivity contribution in [2.45, 2.75) is 53.5 Å². The summed E-state index contributed by atoms with van der Waals surface area (Å²) < 4.78 is 2.22. The van der Waals surface area contributed by atoms with Crippen LogP contribution in [0.1, 0.15) is 57.7 Å². The van der Waals surface area contributed by atoms with Gasteiger partial charge in [0.2, 0.25) is 0 Å². The SMILES string of the molecule is CC(C)(C)Cn1c(C(C)(C)C)nc2cc(C(=O)O)ccc21. The zero-order valence-electron chi connectivity index (χ0n) is 13.7. The van der Waals surface area contributed by atoms with Crippen molar-refractivity contribution in [3.05, 3.63) is 29.6 Å². The van der Waals surface area contributed by atoms with Crippen molar-refractivity contribution in [3.63, 3.8) is 0 Å². The highest BCUT2D eigenvalue weighted by molar-refractivity contribution is 5.92. The maximum Gasteiger partial charge on any atom is 0.335 e. The van der Waals surface area contributed by atoms with Crippen LogP contribution in [0.4, 0.5) is 0 Å². The fourth-order valence-electron chi connectivity index (χ4n) is 2.47. The maximum absolute atomic E-state index is 11.1. The van der Waals surface area contributed by atoms with Crippen molar-refractivity contribution in [3.8, 4) is 0 Å². The Morgan fingerprint density at radius 1 is 1.19 bits per heavy atom. The predicted octanol–water partition coefficient (Wildman–Crippen LogP) is 4.08. The molecule has 0 spiro atoms. The number of carbonyl (C=O) groups is 1. The lowest BCUT2D eigenvalue weighted by atomic mass is 9.93. The number of aromatic carboxylic acids is 1. The van der Waals surface area contributed by atoms with Crippen LogP contribution in [0.2, 0.25) is 0 Å². The second-order valence-corrected chi connectivity index (χ2v) is 7.84. The summed E-state index contributed by atoms with van der Waals surface area (Å²) in [6.07, 6.45) is 0. The standard InChI is InChI=1S/C17H24N2O2/c1-16(2,3)10-19-13-8-7-11(14(20)21)9-12(13)18-15(19)17(4,5)6/h7-9H,10H2,1-6H3,(H,20,21). The molecule has 0 aliphatic carbocycles. The van der Waals surface area contributed by atoms with Gasteiger partial charge in [-0.05, 0) is 23.6 Å². The molecule has 0 fully saturated rings. The number of carboxylic acid groups (broad SMARTS) is 1. The molecule has 2 aromatic rings. The van der Waals surface area contributed by atoms with E-state index in [0.717, 1.165) is 23.4 Å². The Morgan fingerprint density at radius 3 is 2.29 bits per heavy atom. The number of hydrogen-bond acceptors (Lipinski definition) is 2. The van der Waals surface area contributed by atoms with E-state index < -0.39 is 5.97 Å². The number of carboxylic acids is 1. The molecule has 21 heavy (non-hydrogen) atoms. The Kier molecular flexibility index (Phi) is 3.60. The number of fused-ring (bicyclic) bond motifs is 1. The molecular formula is C17H24N2O2. The first kappa shape index (κ1) is 15.5. The van der Waals surface area contributed by atoms with E-state index in [1.807, 2.05) is 6.07 Å². The molecule has 4 nitrogen and oxygen atoms in total. The van der Waals surface area contributed by atoms with Crippen LogP contribution in [0.15, 0.2) is 18.2 Å². The summed E-state index contributed by atoms with van der Waals surface area (Å²) in [6.45, 7) is 13.8. The molecule has 1 N–H and O–H groups in total. The molecule has 1 aromatic heterocycles. The second-order valence-electron chi connectivity index (χ2n) is 7.84. The van der Waals surface area contributed by atoms with E-state index in [4.69, 9.17) is 10.1 Å². The van der Waals surface area contributed by atoms with Gasteiger partial charge < -0.3 is 9.67 Å². The molecule has 114 valence electrons. The minimum atomic E-state index is -0.917. The minimum Gasteiger partial charge on any atom is -0.478 e. The smallest absolute Gasteiger partial charge is 0.335 e. The summed E-state index contributed by atoms with van der Waals surface area (Å²) in [5.74, 6) is 0.0783. The van der Waals surface area contributed by atoms with Gasteiger partial charge >= 0.3 is 5.97 Å². The Bertz CT molecular complexity index is 685. The summed E-state index contributed by atoms with van der Waals surface area (Å²) in [6, 6.07) is 5.18. The highest BCUT2D eigenvalue weighted by atomic mass is 16.4. The average Bonchev–Trinajstić information content (AvgIpc) is 2.65. The van der Waals surface area contributed by atoms with Crippen LogP contribution >= 0.6 is 0 Å². The highest BCUT2D eigenvalue weighted by Gasteiger charge is 2.25. The molecule has 0 unspecified atom stereocenters. The largest absolute Gasteiger partial charge is 0.478 e. The maximum atomic E-state index is 11.1. The van der Waals surface area contributed by atoms with Crippen molar-refractivity contribution in [1.82, 2.24) is 9.55 Å². The van der Waals surface area contributed by atoms with E-state index in [1.54, 1.807) is 12.1 Å². The Labute approximate surface area is 125 Å². The third-order valence-corrected chi connectivity index (χ3v) is 3.30. The van der Waals surface area contributed by atoms with Crippen LogP contribution < -0.4 is 0 Å². The first-order chi connectivity index (χ1) is 9.49. The molecule has 1 heterocycles. The quantitative estimate of drug-likeness (QED) is 0.906. The van der Waals surface area contributed by atoms with Crippen molar-refractivity contribution < 1.29 is 9.90 Å². The lowest BCUT2D eigenvalue weighted by Gasteiger charge is -2.25. The molecule has 1 aromatic carbocycles. The monoisotopic (exact) mass is 288 g/mol. The van der Waals surface area contributed by atoms with Gasteiger partial charge in [0.1, 0.15) is 5.82 Å². The van der Waals surface area contributed by atoms with Crippen LogP contribution in [-0.2, 0) is 12.0 Å². The Morgan fingerprint density at radius 2 is 1.81 bits per heavy atom. The van der Waals surface area contributed by atoms with Gasteiger partial charge in [0.25, 0.3) is 0 Å².